The number of hydrogen-bond donors (Lipinski definition) is 2. The number of pyridine rings is 1. The minimum absolute atomic E-state index is 0.175. The van der Waals surface area contributed by atoms with E-state index >= 15 is 0 Å². The summed E-state index contributed by atoms with van der Waals surface area (Å²) in [6, 6.07) is 3.42. The van der Waals surface area contributed by atoms with Crippen LogP contribution in [0.15, 0.2) is 37.1 Å². The lowest BCUT2D eigenvalue weighted by Gasteiger charge is -2.38. The van der Waals surface area contributed by atoms with E-state index in [-0.39, 0.29) is 24.0 Å². The second kappa shape index (κ2) is 6.70. The van der Waals surface area contributed by atoms with Gasteiger partial charge in [-0.2, -0.15) is 0 Å². The average Bonchev–Trinajstić information content (AvgIpc) is 2.58. The summed E-state index contributed by atoms with van der Waals surface area (Å²) >= 11 is 0. The lowest BCUT2D eigenvalue weighted by Crippen LogP contribution is -2.41. The Morgan fingerprint density at radius 2 is 2.04 bits per heavy atom. The number of methoxy groups -OCH3 is 1. The van der Waals surface area contributed by atoms with Crippen molar-refractivity contribution in [2.24, 2.45) is 5.92 Å². The minimum atomic E-state index is -0.300. The minimum Gasteiger partial charge on any atom is -0.481 e. The van der Waals surface area contributed by atoms with E-state index in [0.29, 0.717) is 24.3 Å². The number of aliphatic hydroxyl groups excluding tert-OH is 1. The molecular weight excluding hydrogens is 296 g/mol. The number of carbonyl (C=O) groups excluding carboxylic acids is 1. The molecular formula is C16H18N4O3. The Balaban J connectivity index is 1.79. The molecule has 0 aromatic carbocycles. The standard InChI is InChI=1S/C16H18N4O3/c1-23-14-3-2-10(8-19-14)15(11-4-13(21)5-11)20-16(22)12-6-17-9-18-7-12/h2-3,6-9,11,13,15,21H,4-5H2,1H3,(H,20,22)/t11?,13?,15-/m1/s1. The van der Waals surface area contributed by atoms with E-state index < -0.39 is 0 Å². The molecule has 23 heavy (non-hydrogen) atoms. The quantitative estimate of drug-likeness (QED) is 0.858. The average molecular weight is 314 g/mol. The first kappa shape index (κ1) is 15.4. The van der Waals surface area contributed by atoms with Crippen molar-refractivity contribution in [3.63, 3.8) is 0 Å². The monoisotopic (exact) mass is 314 g/mol. The van der Waals surface area contributed by atoms with E-state index in [0.717, 1.165) is 5.56 Å². The fraction of sp³-hybridized carbons (Fsp3) is 0.375. The van der Waals surface area contributed by atoms with Crippen molar-refractivity contribution in [3.8, 4) is 5.88 Å². The third-order valence-corrected chi connectivity index (χ3v) is 4.06. The number of ether oxygens (including phenoxy) is 1. The number of nitrogens with zero attached hydrogens (tertiary/aromatic N) is 3. The van der Waals surface area contributed by atoms with Crippen LogP contribution in [0.25, 0.3) is 0 Å². The molecule has 1 saturated carbocycles. The van der Waals surface area contributed by atoms with Crippen molar-refractivity contribution < 1.29 is 14.6 Å². The van der Waals surface area contributed by atoms with Crippen LogP contribution in [0.5, 0.6) is 5.88 Å². The summed E-state index contributed by atoms with van der Waals surface area (Å²) in [7, 11) is 1.55. The molecule has 0 aliphatic heterocycles. The highest BCUT2D eigenvalue weighted by Gasteiger charge is 2.36. The van der Waals surface area contributed by atoms with Crippen LogP contribution >= 0.6 is 0 Å². The first-order valence-electron chi connectivity index (χ1n) is 7.41. The molecule has 120 valence electrons. The summed E-state index contributed by atoms with van der Waals surface area (Å²) in [4.78, 5) is 24.3. The Bertz CT molecular complexity index is 657. The molecule has 0 bridgehead atoms. The van der Waals surface area contributed by atoms with Gasteiger partial charge in [-0.05, 0) is 24.3 Å². The SMILES string of the molecule is COc1ccc([C@@H](NC(=O)c2cncnc2)C2CC(O)C2)cn1. The fourth-order valence-corrected chi connectivity index (χ4v) is 2.71. The Labute approximate surface area is 133 Å². The number of nitrogens with one attached hydrogen (secondary N) is 1. The molecule has 1 amide bonds. The number of aromatic nitrogens is 3. The lowest BCUT2D eigenvalue weighted by molar-refractivity contribution is 0.0234. The van der Waals surface area contributed by atoms with Gasteiger partial charge in [0.15, 0.2) is 0 Å². The lowest BCUT2D eigenvalue weighted by atomic mass is 9.75. The molecule has 3 rings (SSSR count). The summed E-state index contributed by atoms with van der Waals surface area (Å²) in [5.41, 5.74) is 1.28. The van der Waals surface area contributed by atoms with Gasteiger partial charge in [0.25, 0.3) is 5.91 Å². The maximum Gasteiger partial charge on any atom is 0.254 e. The second-order valence-corrected chi connectivity index (χ2v) is 5.60. The second-order valence-electron chi connectivity index (χ2n) is 5.60. The Kier molecular flexibility index (Phi) is 4.47. The van der Waals surface area contributed by atoms with Crippen molar-refractivity contribution in [1.82, 2.24) is 20.3 Å². The molecule has 7 nitrogen and oxygen atoms in total. The zero-order chi connectivity index (χ0) is 16.2. The van der Waals surface area contributed by atoms with E-state index in [1.54, 1.807) is 19.4 Å². The van der Waals surface area contributed by atoms with E-state index in [1.165, 1.54) is 18.7 Å². The van der Waals surface area contributed by atoms with Crippen LogP contribution in [0.2, 0.25) is 0 Å². The van der Waals surface area contributed by atoms with Crippen molar-refractivity contribution >= 4 is 5.91 Å². The molecule has 1 atom stereocenters. The molecule has 2 N–H and O–H groups in total. The third-order valence-electron chi connectivity index (χ3n) is 4.06. The van der Waals surface area contributed by atoms with E-state index in [9.17, 15) is 9.90 Å². The maximum absolute atomic E-state index is 12.4. The van der Waals surface area contributed by atoms with Crippen LogP contribution < -0.4 is 10.1 Å². The molecule has 7 heteroatoms. The van der Waals surface area contributed by atoms with Crippen molar-refractivity contribution in [2.75, 3.05) is 7.11 Å². The molecule has 0 radical (unpaired) electrons. The zero-order valence-corrected chi connectivity index (χ0v) is 12.7. The molecule has 2 aromatic rings. The third kappa shape index (κ3) is 3.45. The highest BCUT2D eigenvalue weighted by Crippen LogP contribution is 2.38. The van der Waals surface area contributed by atoms with Crippen molar-refractivity contribution in [3.05, 3.63) is 48.2 Å². The molecule has 1 fully saturated rings. The molecule has 2 aromatic heterocycles. The van der Waals surface area contributed by atoms with Crippen molar-refractivity contribution in [1.29, 1.82) is 0 Å². The zero-order valence-electron chi connectivity index (χ0n) is 12.7. The van der Waals surface area contributed by atoms with Gasteiger partial charge in [-0.1, -0.05) is 6.07 Å². The first-order valence-corrected chi connectivity index (χ1v) is 7.41. The van der Waals surface area contributed by atoms with Gasteiger partial charge in [-0.3, -0.25) is 4.79 Å². The van der Waals surface area contributed by atoms with E-state index in [2.05, 4.69) is 20.3 Å². The molecule has 1 aliphatic carbocycles. The van der Waals surface area contributed by atoms with Gasteiger partial charge < -0.3 is 15.2 Å². The van der Waals surface area contributed by atoms with Gasteiger partial charge in [0.1, 0.15) is 6.33 Å². The fourth-order valence-electron chi connectivity index (χ4n) is 2.71. The summed E-state index contributed by atoms with van der Waals surface area (Å²) in [6.07, 6.45) is 7.03. The van der Waals surface area contributed by atoms with Gasteiger partial charge in [0, 0.05) is 24.7 Å². The van der Waals surface area contributed by atoms with Crippen molar-refractivity contribution in [2.45, 2.75) is 25.0 Å². The molecule has 0 unspecified atom stereocenters. The summed E-state index contributed by atoms with van der Waals surface area (Å²) < 4.78 is 5.06. The van der Waals surface area contributed by atoms with Crippen LogP contribution in [-0.4, -0.2) is 39.2 Å². The Morgan fingerprint density at radius 3 is 2.61 bits per heavy atom. The smallest absolute Gasteiger partial charge is 0.254 e. The summed E-state index contributed by atoms with van der Waals surface area (Å²) in [6.45, 7) is 0. The van der Waals surface area contributed by atoms with E-state index in [4.69, 9.17) is 4.74 Å². The predicted octanol–water partition coefficient (Wildman–Crippen LogP) is 1.12. The molecule has 0 spiro atoms. The molecule has 1 aliphatic rings. The number of aliphatic hydroxyl groups is 1. The maximum atomic E-state index is 12.4. The normalized spacial score (nSPS) is 21.1. The number of rotatable bonds is 5. The number of carbonyl (C=O) groups is 1. The van der Waals surface area contributed by atoms with Crippen LogP contribution in [0.1, 0.15) is 34.8 Å². The van der Waals surface area contributed by atoms with Crippen LogP contribution in [0.4, 0.5) is 0 Å². The topological polar surface area (TPSA) is 97.2 Å². The Morgan fingerprint density at radius 1 is 1.30 bits per heavy atom. The summed E-state index contributed by atoms with van der Waals surface area (Å²) in [5.74, 6) is 0.450. The van der Waals surface area contributed by atoms with Gasteiger partial charge >= 0.3 is 0 Å². The first-order chi connectivity index (χ1) is 11.2. The van der Waals surface area contributed by atoms with Crippen LogP contribution in [0, 0.1) is 5.92 Å². The Hall–Kier alpha value is -2.54. The number of hydrogen-bond acceptors (Lipinski definition) is 6. The highest BCUT2D eigenvalue weighted by atomic mass is 16.5. The van der Waals surface area contributed by atoms with Crippen LogP contribution in [-0.2, 0) is 0 Å². The van der Waals surface area contributed by atoms with Crippen LogP contribution in [0.3, 0.4) is 0 Å². The van der Waals surface area contributed by atoms with E-state index in [1.807, 2.05) is 6.07 Å². The molecule has 2 heterocycles. The van der Waals surface area contributed by atoms with Gasteiger partial charge in [0.2, 0.25) is 5.88 Å². The predicted molar refractivity (Wildman–Crippen MR) is 81.8 cm³/mol. The highest BCUT2D eigenvalue weighted by molar-refractivity contribution is 5.93. The summed E-state index contributed by atoms with van der Waals surface area (Å²) in [5, 5.41) is 12.6. The van der Waals surface area contributed by atoms with Gasteiger partial charge in [-0.15, -0.1) is 0 Å². The largest absolute Gasteiger partial charge is 0.481 e. The van der Waals surface area contributed by atoms with Gasteiger partial charge in [-0.25, -0.2) is 15.0 Å². The van der Waals surface area contributed by atoms with Gasteiger partial charge in [0.05, 0.1) is 24.8 Å². The molecule has 0 saturated heterocycles. The number of amides is 1.